The van der Waals surface area contributed by atoms with Gasteiger partial charge < -0.3 is 5.84 Å². The molecule has 0 fully saturated rings. The Morgan fingerprint density at radius 3 is 2.38 bits per heavy atom. The van der Waals surface area contributed by atoms with Crippen LogP contribution in [0, 0.1) is 6.92 Å². The van der Waals surface area contributed by atoms with Crippen LogP contribution < -0.4 is 11.4 Å². The van der Waals surface area contributed by atoms with Crippen LogP contribution in [0.15, 0.2) is 16.9 Å². The summed E-state index contributed by atoms with van der Waals surface area (Å²) in [4.78, 5) is 11.0. The maximum Gasteiger partial charge on any atom is 0.433 e. The van der Waals surface area contributed by atoms with E-state index in [-0.39, 0.29) is 10.2 Å². The second-order valence-corrected chi connectivity index (χ2v) is 2.57. The highest BCUT2D eigenvalue weighted by Crippen LogP contribution is 2.27. The maximum atomic E-state index is 12.1. The lowest BCUT2D eigenvalue weighted by atomic mass is 10.2. The molecule has 72 valence electrons. The fourth-order valence-electron chi connectivity index (χ4n) is 0.886. The Labute approximate surface area is 71.6 Å². The first kappa shape index (κ1) is 9.63. The van der Waals surface area contributed by atoms with Gasteiger partial charge in [-0.25, -0.2) is 4.68 Å². The highest BCUT2D eigenvalue weighted by Gasteiger charge is 2.34. The van der Waals surface area contributed by atoms with Crippen molar-refractivity contribution in [3.8, 4) is 0 Å². The molecule has 0 aliphatic rings. The fraction of sp³-hybridized carbons (Fsp3) is 0.286. The third-order valence-electron chi connectivity index (χ3n) is 1.60. The quantitative estimate of drug-likeness (QED) is 0.620. The van der Waals surface area contributed by atoms with Gasteiger partial charge in [0, 0.05) is 5.56 Å². The zero-order chi connectivity index (χ0) is 10.2. The number of pyridine rings is 1. The molecule has 0 aliphatic carbocycles. The fourth-order valence-corrected chi connectivity index (χ4v) is 0.886. The molecule has 6 heteroatoms. The first-order valence-corrected chi connectivity index (χ1v) is 3.39. The van der Waals surface area contributed by atoms with Crippen LogP contribution in [0.5, 0.6) is 0 Å². The van der Waals surface area contributed by atoms with Crippen molar-refractivity contribution >= 4 is 0 Å². The molecule has 0 aromatic carbocycles. The van der Waals surface area contributed by atoms with Crippen LogP contribution in [0.25, 0.3) is 0 Å². The Bertz CT molecular complexity index is 380. The number of hydrogen-bond donors (Lipinski definition) is 1. The van der Waals surface area contributed by atoms with Gasteiger partial charge in [0.15, 0.2) is 0 Å². The molecule has 0 saturated carbocycles. The number of nitrogens with zero attached hydrogens (tertiary/aromatic N) is 1. The zero-order valence-electron chi connectivity index (χ0n) is 6.72. The molecule has 1 aromatic rings. The molecule has 1 aromatic heterocycles. The van der Waals surface area contributed by atoms with Gasteiger partial charge in [-0.15, -0.1) is 0 Å². The monoisotopic (exact) mass is 192 g/mol. The van der Waals surface area contributed by atoms with E-state index in [4.69, 9.17) is 5.84 Å². The van der Waals surface area contributed by atoms with Gasteiger partial charge in [0.05, 0.1) is 0 Å². The molecule has 0 atom stereocenters. The number of rotatable bonds is 0. The third kappa shape index (κ3) is 1.66. The number of nitrogens with two attached hydrogens (primary N) is 1. The molecule has 3 nitrogen and oxygen atoms in total. The minimum Gasteiger partial charge on any atom is -0.336 e. The van der Waals surface area contributed by atoms with Crippen molar-refractivity contribution in [2.24, 2.45) is 0 Å². The number of aromatic nitrogens is 1. The summed E-state index contributed by atoms with van der Waals surface area (Å²) in [6, 6.07) is 1.87. The largest absolute Gasteiger partial charge is 0.433 e. The first-order valence-electron chi connectivity index (χ1n) is 3.39. The van der Waals surface area contributed by atoms with E-state index in [0.29, 0.717) is 0 Å². The molecule has 0 spiro atoms. The average molecular weight is 192 g/mol. The van der Waals surface area contributed by atoms with E-state index in [2.05, 4.69) is 0 Å². The summed E-state index contributed by atoms with van der Waals surface area (Å²) in [6.07, 6.45) is -4.60. The standard InChI is InChI=1S/C7H7F3N2O/c1-4-2-3-5(7(8,9)10)12(11)6(4)13/h2-3H,11H2,1H3. The number of aryl methyl sites for hydroxylation is 1. The highest BCUT2D eigenvalue weighted by atomic mass is 19.4. The van der Waals surface area contributed by atoms with Crippen molar-refractivity contribution in [1.82, 2.24) is 4.68 Å². The summed E-state index contributed by atoms with van der Waals surface area (Å²) < 4.78 is 36.5. The number of nitrogen functional groups attached to an aromatic ring is 1. The van der Waals surface area contributed by atoms with E-state index in [9.17, 15) is 18.0 Å². The second kappa shape index (κ2) is 2.79. The lowest BCUT2D eigenvalue weighted by Gasteiger charge is -2.10. The zero-order valence-corrected chi connectivity index (χ0v) is 6.72. The molecule has 0 saturated heterocycles. The first-order chi connectivity index (χ1) is 5.84. The molecule has 0 radical (unpaired) electrons. The molecule has 13 heavy (non-hydrogen) atoms. The smallest absolute Gasteiger partial charge is 0.336 e. The number of alkyl halides is 3. The Balaban J connectivity index is 3.44. The minimum atomic E-state index is -4.60. The molecule has 1 rings (SSSR count). The van der Waals surface area contributed by atoms with Crippen LogP contribution in [0.3, 0.4) is 0 Å². The lowest BCUT2D eigenvalue weighted by Crippen LogP contribution is -2.34. The Hall–Kier alpha value is -1.46. The van der Waals surface area contributed by atoms with Gasteiger partial charge in [-0.2, -0.15) is 13.2 Å². The SMILES string of the molecule is Cc1ccc(C(F)(F)F)n(N)c1=O. The predicted molar refractivity (Wildman–Crippen MR) is 40.6 cm³/mol. The van der Waals surface area contributed by atoms with Crippen LogP contribution in [-0.2, 0) is 6.18 Å². The minimum absolute atomic E-state index is 0.106. The molecule has 0 amide bonds. The Morgan fingerprint density at radius 1 is 1.38 bits per heavy atom. The van der Waals surface area contributed by atoms with E-state index in [1.807, 2.05) is 0 Å². The lowest BCUT2D eigenvalue weighted by molar-refractivity contribution is -0.143. The van der Waals surface area contributed by atoms with Crippen molar-refractivity contribution in [2.75, 3.05) is 5.84 Å². The van der Waals surface area contributed by atoms with E-state index < -0.39 is 17.4 Å². The third-order valence-corrected chi connectivity index (χ3v) is 1.60. The highest BCUT2D eigenvalue weighted by molar-refractivity contribution is 5.16. The molecular formula is C7H7F3N2O. The van der Waals surface area contributed by atoms with Crippen LogP contribution >= 0.6 is 0 Å². The average Bonchev–Trinajstić information content (AvgIpc) is 1.98. The second-order valence-electron chi connectivity index (χ2n) is 2.57. The van der Waals surface area contributed by atoms with Crippen molar-refractivity contribution < 1.29 is 13.2 Å². The predicted octanol–water partition coefficient (Wildman–Crippen LogP) is 0.889. The number of hydrogen-bond acceptors (Lipinski definition) is 2. The van der Waals surface area contributed by atoms with Gasteiger partial charge in [0.2, 0.25) is 0 Å². The summed E-state index contributed by atoms with van der Waals surface area (Å²) in [6.45, 7) is 1.39. The molecule has 0 unspecified atom stereocenters. The maximum absolute atomic E-state index is 12.1. The van der Waals surface area contributed by atoms with Gasteiger partial charge in [-0.05, 0) is 13.0 Å². The van der Waals surface area contributed by atoms with Crippen LogP contribution in [0.4, 0.5) is 13.2 Å². The molecule has 0 aliphatic heterocycles. The topological polar surface area (TPSA) is 48.0 Å². The molecule has 1 heterocycles. The Kier molecular flexibility index (Phi) is 2.07. The van der Waals surface area contributed by atoms with E-state index in [1.54, 1.807) is 0 Å². The van der Waals surface area contributed by atoms with Crippen LogP contribution in [0.2, 0.25) is 0 Å². The summed E-state index contributed by atoms with van der Waals surface area (Å²) in [7, 11) is 0. The summed E-state index contributed by atoms with van der Waals surface area (Å²) in [5, 5.41) is 0. The van der Waals surface area contributed by atoms with Crippen LogP contribution in [0.1, 0.15) is 11.3 Å². The van der Waals surface area contributed by atoms with Gasteiger partial charge >= 0.3 is 6.18 Å². The molecular weight excluding hydrogens is 185 g/mol. The van der Waals surface area contributed by atoms with Crippen molar-refractivity contribution in [2.45, 2.75) is 13.1 Å². The van der Waals surface area contributed by atoms with E-state index in [1.165, 1.54) is 6.92 Å². The normalized spacial score (nSPS) is 11.7. The summed E-state index contributed by atoms with van der Waals surface area (Å²) >= 11 is 0. The molecule has 2 N–H and O–H groups in total. The van der Waals surface area contributed by atoms with Crippen LogP contribution in [-0.4, -0.2) is 4.68 Å². The summed E-state index contributed by atoms with van der Waals surface area (Å²) in [5.41, 5.74) is -1.81. The van der Waals surface area contributed by atoms with Crippen molar-refractivity contribution in [1.29, 1.82) is 0 Å². The van der Waals surface area contributed by atoms with E-state index >= 15 is 0 Å². The van der Waals surface area contributed by atoms with Gasteiger partial charge in [-0.3, -0.25) is 4.79 Å². The number of halogens is 3. The Morgan fingerprint density at radius 2 is 1.92 bits per heavy atom. The van der Waals surface area contributed by atoms with Gasteiger partial charge in [-0.1, -0.05) is 6.07 Å². The summed E-state index contributed by atoms with van der Waals surface area (Å²) in [5.74, 6) is 4.95. The van der Waals surface area contributed by atoms with Crippen molar-refractivity contribution in [3.63, 3.8) is 0 Å². The van der Waals surface area contributed by atoms with Gasteiger partial charge in [0.25, 0.3) is 5.56 Å². The van der Waals surface area contributed by atoms with Crippen molar-refractivity contribution in [3.05, 3.63) is 33.7 Å². The van der Waals surface area contributed by atoms with Gasteiger partial charge in [0.1, 0.15) is 5.69 Å². The molecule has 0 bridgehead atoms. The van der Waals surface area contributed by atoms with E-state index in [0.717, 1.165) is 12.1 Å².